The molecule has 2 rings (SSSR count). The van der Waals surface area contributed by atoms with Crippen molar-refractivity contribution in [2.45, 2.75) is 12.8 Å². The molecule has 13 heavy (non-hydrogen) atoms. The maximum absolute atomic E-state index is 11.3. The Kier molecular flexibility index (Phi) is 2.21. The van der Waals surface area contributed by atoms with Crippen LogP contribution in [0.3, 0.4) is 0 Å². The lowest BCUT2D eigenvalue weighted by Crippen LogP contribution is -2.29. The lowest BCUT2D eigenvalue weighted by molar-refractivity contribution is 0.389. The van der Waals surface area contributed by atoms with Gasteiger partial charge in [-0.25, -0.2) is 13.4 Å². The monoisotopic (exact) mass is 200 g/mol. The highest BCUT2D eigenvalue weighted by Gasteiger charge is 2.23. The Morgan fingerprint density at radius 1 is 1.38 bits per heavy atom. The summed E-state index contributed by atoms with van der Waals surface area (Å²) in [6.45, 7) is 2.47. The van der Waals surface area contributed by atoms with E-state index in [1.165, 1.54) is 24.4 Å². The molecule has 0 spiro atoms. The molecule has 0 amide bonds. The molecule has 0 aliphatic carbocycles. The minimum atomic E-state index is -3.15. The summed E-state index contributed by atoms with van der Waals surface area (Å²) in [7, 11) is -3.15. The average Bonchev–Trinajstić information content (AvgIpc) is 2.63. The molecule has 1 saturated heterocycles. The third kappa shape index (κ3) is 1.81. The van der Waals surface area contributed by atoms with Crippen LogP contribution in [0.5, 0.6) is 0 Å². The number of nitrogens with zero attached hydrogens (tertiary/aromatic N) is 2. The molecular formula is C8H12N2O2S. The molecule has 72 valence electrons. The van der Waals surface area contributed by atoms with Gasteiger partial charge in [-0.05, 0) is 25.9 Å². The molecule has 0 radical (unpaired) electrons. The number of rotatable bonds is 2. The Balaban J connectivity index is 2.04. The number of hydrogen-bond acceptors (Lipinski definition) is 4. The first-order valence-corrected chi connectivity index (χ1v) is 5.94. The van der Waals surface area contributed by atoms with Gasteiger partial charge in [0.2, 0.25) is 9.84 Å². The van der Waals surface area contributed by atoms with Crippen molar-refractivity contribution < 1.29 is 8.42 Å². The van der Waals surface area contributed by atoms with Crippen LogP contribution in [-0.2, 0) is 9.84 Å². The maximum atomic E-state index is 11.3. The van der Waals surface area contributed by atoms with E-state index in [1.807, 2.05) is 0 Å². The van der Waals surface area contributed by atoms with Gasteiger partial charge in [0.05, 0.1) is 12.0 Å². The fourth-order valence-electron chi connectivity index (χ4n) is 1.61. The number of aliphatic imine (C=N–C) groups is 1. The normalized spacial score (nSPS) is 26.6. The van der Waals surface area contributed by atoms with E-state index >= 15 is 0 Å². The molecule has 2 heterocycles. The van der Waals surface area contributed by atoms with Gasteiger partial charge >= 0.3 is 0 Å². The van der Waals surface area contributed by atoms with Crippen LogP contribution < -0.4 is 0 Å². The van der Waals surface area contributed by atoms with Gasteiger partial charge in [0.15, 0.2) is 5.04 Å². The van der Waals surface area contributed by atoms with E-state index in [4.69, 9.17) is 0 Å². The minimum absolute atomic E-state index is 0.300. The lowest BCUT2D eigenvalue weighted by atomic mass is 10.4. The van der Waals surface area contributed by atoms with E-state index in [0.717, 1.165) is 13.1 Å². The molecule has 0 N–H and O–H groups in total. The fourth-order valence-corrected chi connectivity index (χ4v) is 2.56. The minimum Gasteiger partial charge on any atom is -0.297 e. The van der Waals surface area contributed by atoms with Crippen LogP contribution in [0.2, 0.25) is 0 Å². The fraction of sp³-hybridized carbons (Fsp3) is 0.625. The van der Waals surface area contributed by atoms with Crippen molar-refractivity contribution in [3.05, 3.63) is 11.6 Å². The van der Waals surface area contributed by atoms with Crippen LogP contribution >= 0.6 is 0 Å². The topological polar surface area (TPSA) is 49.7 Å². The molecule has 2 aliphatic rings. The van der Waals surface area contributed by atoms with Gasteiger partial charge in [-0.3, -0.25) is 4.90 Å². The Labute approximate surface area is 77.9 Å². The van der Waals surface area contributed by atoms with Gasteiger partial charge in [0, 0.05) is 6.20 Å². The number of likely N-dealkylation sites (tertiary alicyclic amines) is 1. The zero-order valence-electron chi connectivity index (χ0n) is 7.31. The Morgan fingerprint density at radius 2 is 2.08 bits per heavy atom. The van der Waals surface area contributed by atoms with E-state index in [0.29, 0.717) is 11.6 Å². The summed E-state index contributed by atoms with van der Waals surface area (Å²) in [6.07, 6.45) is 3.70. The molecule has 0 saturated carbocycles. The molecule has 0 atom stereocenters. The summed E-state index contributed by atoms with van der Waals surface area (Å²) < 4.78 is 22.6. The van der Waals surface area contributed by atoms with Gasteiger partial charge in [0.25, 0.3) is 0 Å². The first-order valence-electron chi connectivity index (χ1n) is 4.39. The van der Waals surface area contributed by atoms with Crippen LogP contribution in [0.25, 0.3) is 0 Å². The van der Waals surface area contributed by atoms with E-state index in [1.54, 1.807) is 0 Å². The van der Waals surface area contributed by atoms with Gasteiger partial charge in [-0.2, -0.15) is 0 Å². The van der Waals surface area contributed by atoms with Gasteiger partial charge in [-0.1, -0.05) is 0 Å². The smallest absolute Gasteiger partial charge is 0.215 e. The molecule has 2 aliphatic heterocycles. The van der Waals surface area contributed by atoms with Crippen LogP contribution in [-0.4, -0.2) is 38.0 Å². The van der Waals surface area contributed by atoms with Crippen LogP contribution in [0, 0.1) is 0 Å². The summed E-state index contributed by atoms with van der Waals surface area (Å²) in [4.78, 5) is 5.99. The van der Waals surface area contributed by atoms with E-state index in [9.17, 15) is 8.42 Å². The third-order valence-corrected chi connectivity index (χ3v) is 3.72. The second-order valence-corrected chi connectivity index (χ2v) is 5.17. The molecule has 0 bridgehead atoms. The van der Waals surface area contributed by atoms with Crippen molar-refractivity contribution in [3.63, 3.8) is 0 Å². The first kappa shape index (κ1) is 8.90. The zero-order chi connectivity index (χ0) is 9.31. The third-order valence-electron chi connectivity index (χ3n) is 2.34. The molecule has 0 aromatic rings. The molecule has 4 nitrogen and oxygen atoms in total. The predicted octanol–water partition coefficient (Wildman–Crippen LogP) is 0.380. The highest BCUT2D eigenvalue weighted by Crippen LogP contribution is 2.12. The van der Waals surface area contributed by atoms with Crippen molar-refractivity contribution in [1.29, 1.82) is 0 Å². The van der Waals surface area contributed by atoms with Crippen molar-refractivity contribution >= 4 is 14.9 Å². The second-order valence-electron chi connectivity index (χ2n) is 3.34. The molecule has 5 heteroatoms. The van der Waals surface area contributed by atoms with E-state index in [-0.39, 0.29) is 0 Å². The number of hydrogen-bond donors (Lipinski definition) is 0. The van der Waals surface area contributed by atoms with Crippen molar-refractivity contribution in [3.8, 4) is 0 Å². The Hall–Kier alpha value is -0.680. The predicted molar refractivity (Wildman–Crippen MR) is 51.2 cm³/mol. The van der Waals surface area contributed by atoms with Crippen LogP contribution in [0.4, 0.5) is 0 Å². The molecule has 1 fully saturated rings. The van der Waals surface area contributed by atoms with Gasteiger partial charge in [-0.15, -0.1) is 0 Å². The van der Waals surface area contributed by atoms with Crippen molar-refractivity contribution in [2.24, 2.45) is 4.99 Å². The van der Waals surface area contributed by atoms with Gasteiger partial charge < -0.3 is 0 Å². The highest BCUT2D eigenvalue weighted by atomic mass is 32.2. The SMILES string of the molecule is O=S1(=O)C=CN=C1CN1CCCC1. The van der Waals surface area contributed by atoms with Crippen LogP contribution in [0.15, 0.2) is 16.6 Å². The maximum Gasteiger partial charge on any atom is 0.215 e. The quantitative estimate of drug-likeness (QED) is 0.647. The Bertz CT molecular complexity index is 350. The first-order chi connectivity index (χ1) is 6.18. The molecule has 0 aromatic heterocycles. The highest BCUT2D eigenvalue weighted by molar-refractivity contribution is 8.09. The average molecular weight is 200 g/mol. The summed E-state index contributed by atoms with van der Waals surface area (Å²) in [5, 5.41) is 1.47. The van der Waals surface area contributed by atoms with Crippen LogP contribution in [0.1, 0.15) is 12.8 Å². The second kappa shape index (κ2) is 3.23. The largest absolute Gasteiger partial charge is 0.297 e. The molecule has 0 aromatic carbocycles. The summed E-state index contributed by atoms with van der Waals surface area (Å²) >= 11 is 0. The molecule has 0 unspecified atom stereocenters. The van der Waals surface area contributed by atoms with E-state index < -0.39 is 9.84 Å². The summed E-state index contributed by atoms with van der Waals surface area (Å²) in [6, 6.07) is 0. The van der Waals surface area contributed by atoms with Crippen molar-refractivity contribution in [2.75, 3.05) is 19.6 Å². The van der Waals surface area contributed by atoms with Gasteiger partial charge in [0.1, 0.15) is 0 Å². The standard InChI is InChI=1S/C8H12N2O2S/c11-13(12)6-3-9-8(13)7-10-4-1-2-5-10/h3,6H,1-2,4-5,7H2. The van der Waals surface area contributed by atoms with Crippen molar-refractivity contribution in [1.82, 2.24) is 4.90 Å². The summed E-state index contributed by atoms with van der Waals surface area (Å²) in [5.41, 5.74) is 0. The van der Waals surface area contributed by atoms with E-state index in [2.05, 4.69) is 9.89 Å². The lowest BCUT2D eigenvalue weighted by Gasteiger charge is -2.13. The molecular weight excluding hydrogens is 188 g/mol. The Morgan fingerprint density at radius 3 is 2.62 bits per heavy atom. The zero-order valence-corrected chi connectivity index (χ0v) is 8.13. The number of sulfone groups is 1. The summed E-state index contributed by atoms with van der Waals surface area (Å²) in [5.74, 6) is 0.